The van der Waals surface area contributed by atoms with Crippen LogP contribution in [0.5, 0.6) is 11.6 Å². The third-order valence-corrected chi connectivity index (χ3v) is 7.15. The number of pyridine rings is 2. The summed E-state index contributed by atoms with van der Waals surface area (Å²) in [5.74, 6) is 2.13. The predicted octanol–water partition coefficient (Wildman–Crippen LogP) is 6.76. The summed E-state index contributed by atoms with van der Waals surface area (Å²) >= 11 is 0. The number of carbonyl (C=O) groups excluding carboxylic acids is 1. The Labute approximate surface area is 238 Å². The largest absolute Gasteiger partial charge is 0.444 e. The van der Waals surface area contributed by atoms with Crippen molar-refractivity contribution in [1.82, 2.24) is 24.8 Å². The number of fused-ring (bicyclic) bond motifs is 1. The molecule has 9 nitrogen and oxygen atoms in total. The van der Waals surface area contributed by atoms with Crippen LogP contribution in [0.2, 0.25) is 0 Å². The van der Waals surface area contributed by atoms with Gasteiger partial charge in [-0.2, -0.15) is 4.98 Å². The molecule has 1 amide bonds. The van der Waals surface area contributed by atoms with Crippen LogP contribution in [0.3, 0.4) is 0 Å². The van der Waals surface area contributed by atoms with Gasteiger partial charge >= 0.3 is 6.09 Å². The van der Waals surface area contributed by atoms with Crippen molar-refractivity contribution in [1.29, 1.82) is 0 Å². The second-order valence-electron chi connectivity index (χ2n) is 11.2. The van der Waals surface area contributed by atoms with Crippen molar-refractivity contribution >= 4 is 23.1 Å². The van der Waals surface area contributed by atoms with Gasteiger partial charge in [-0.3, -0.25) is 4.57 Å². The van der Waals surface area contributed by atoms with Crippen LogP contribution in [0.1, 0.15) is 45.6 Å². The lowest BCUT2D eigenvalue weighted by Crippen LogP contribution is -2.52. The predicted molar refractivity (Wildman–Crippen MR) is 158 cm³/mol. The van der Waals surface area contributed by atoms with Crippen molar-refractivity contribution in [3.63, 3.8) is 0 Å². The smallest absolute Gasteiger partial charge is 0.408 e. The highest BCUT2D eigenvalue weighted by Gasteiger charge is 2.41. The molecule has 0 unspecified atom stereocenters. The van der Waals surface area contributed by atoms with Crippen LogP contribution in [0.25, 0.3) is 28.2 Å². The third-order valence-electron chi connectivity index (χ3n) is 7.15. The summed E-state index contributed by atoms with van der Waals surface area (Å²) in [4.78, 5) is 26.7. The maximum absolute atomic E-state index is 12.7. The number of alkyl carbamates (subject to hydrolysis) is 1. The Morgan fingerprint density at radius 1 is 0.951 bits per heavy atom. The van der Waals surface area contributed by atoms with E-state index in [9.17, 15) is 4.79 Å². The van der Waals surface area contributed by atoms with E-state index in [0.717, 1.165) is 30.5 Å². The fourth-order valence-electron chi connectivity index (χ4n) is 5.08. The van der Waals surface area contributed by atoms with E-state index in [1.54, 1.807) is 12.3 Å². The standard InChI is InChI=1S/C32H32N6O3/c1-31(2,3)41-30(39)37-32(18-8-19-32)21-12-14-22(15-13-21)38-28(24-11-7-20-34-27(24)33)35-25-16-17-26(36-29(25)38)40-23-9-5-4-6-10-23/h4-7,9-17,20H,8,18-19H2,1-3H3,(H2,33,34)(H,37,39). The van der Waals surface area contributed by atoms with Gasteiger partial charge in [0.2, 0.25) is 5.88 Å². The zero-order valence-corrected chi connectivity index (χ0v) is 23.3. The second kappa shape index (κ2) is 10.2. The molecule has 1 aliphatic rings. The van der Waals surface area contributed by atoms with Crippen LogP contribution < -0.4 is 15.8 Å². The van der Waals surface area contributed by atoms with Gasteiger partial charge in [-0.25, -0.2) is 14.8 Å². The van der Waals surface area contributed by atoms with Gasteiger partial charge in [0, 0.05) is 18.0 Å². The molecule has 3 heterocycles. The number of ether oxygens (including phenoxy) is 2. The van der Waals surface area contributed by atoms with Gasteiger partial charge in [0.05, 0.1) is 11.1 Å². The van der Waals surface area contributed by atoms with Crippen molar-refractivity contribution in [2.24, 2.45) is 0 Å². The van der Waals surface area contributed by atoms with Crippen LogP contribution >= 0.6 is 0 Å². The molecule has 0 radical (unpaired) electrons. The van der Waals surface area contributed by atoms with Crippen LogP contribution in [0, 0.1) is 0 Å². The lowest BCUT2D eigenvalue weighted by atomic mass is 9.72. The van der Waals surface area contributed by atoms with E-state index >= 15 is 0 Å². The third kappa shape index (κ3) is 5.30. The average Bonchev–Trinajstić information content (AvgIpc) is 3.29. The van der Waals surface area contributed by atoms with Crippen LogP contribution in [0.15, 0.2) is 85.1 Å². The Bertz CT molecular complexity index is 1700. The Balaban J connectivity index is 1.41. The molecule has 3 aromatic heterocycles. The first-order chi connectivity index (χ1) is 19.7. The first-order valence-electron chi connectivity index (χ1n) is 13.7. The molecule has 3 N–H and O–H groups in total. The number of rotatable bonds is 6. The number of aromatic nitrogens is 4. The Kier molecular flexibility index (Phi) is 6.57. The lowest BCUT2D eigenvalue weighted by Gasteiger charge is -2.43. The number of carbonyl (C=O) groups is 1. The molecule has 1 aliphatic carbocycles. The Hall–Kier alpha value is -4.92. The van der Waals surface area contributed by atoms with E-state index in [1.807, 2.05) is 98.1 Å². The van der Waals surface area contributed by atoms with E-state index in [0.29, 0.717) is 40.0 Å². The number of hydrogen-bond donors (Lipinski definition) is 2. The molecule has 0 spiro atoms. The highest BCUT2D eigenvalue weighted by molar-refractivity contribution is 5.83. The quantitative estimate of drug-likeness (QED) is 0.241. The van der Waals surface area contributed by atoms with Crippen molar-refractivity contribution in [2.45, 2.75) is 51.2 Å². The van der Waals surface area contributed by atoms with E-state index in [2.05, 4.69) is 10.3 Å². The van der Waals surface area contributed by atoms with Gasteiger partial charge in [0.25, 0.3) is 0 Å². The van der Waals surface area contributed by atoms with Crippen LogP contribution in [0.4, 0.5) is 10.6 Å². The summed E-state index contributed by atoms with van der Waals surface area (Å²) in [7, 11) is 0. The molecule has 0 aliphatic heterocycles. The molecule has 5 aromatic rings. The normalized spacial score (nSPS) is 14.3. The summed E-state index contributed by atoms with van der Waals surface area (Å²) < 4.78 is 13.5. The monoisotopic (exact) mass is 548 g/mol. The molecule has 2 aromatic carbocycles. The van der Waals surface area contributed by atoms with Crippen molar-refractivity contribution in [3.8, 4) is 28.7 Å². The molecule has 0 saturated heterocycles. The zero-order chi connectivity index (χ0) is 28.6. The number of benzene rings is 2. The van der Waals surface area contributed by atoms with E-state index in [4.69, 9.17) is 25.2 Å². The highest BCUT2D eigenvalue weighted by Crippen LogP contribution is 2.42. The van der Waals surface area contributed by atoms with Gasteiger partial charge in [-0.05, 0) is 88.1 Å². The molecule has 9 heteroatoms. The van der Waals surface area contributed by atoms with E-state index in [-0.39, 0.29) is 0 Å². The summed E-state index contributed by atoms with van der Waals surface area (Å²) in [6, 6.07) is 25.0. The molecular weight excluding hydrogens is 516 g/mol. The van der Waals surface area contributed by atoms with Gasteiger partial charge in [-0.15, -0.1) is 0 Å². The molecule has 1 saturated carbocycles. The summed E-state index contributed by atoms with van der Waals surface area (Å²) in [5.41, 5.74) is 9.13. The Morgan fingerprint density at radius 2 is 1.71 bits per heavy atom. The molecule has 6 rings (SSSR count). The molecule has 41 heavy (non-hydrogen) atoms. The molecule has 208 valence electrons. The number of para-hydroxylation sites is 1. The minimum Gasteiger partial charge on any atom is -0.444 e. The van der Waals surface area contributed by atoms with Crippen molar-refractivity contribution in [3.05, 3.63) is 90.6 Å². The number of nitrogens with one attached hydrogen (secondary N) is 1. The van der Waals surface area contributed by atoms with Gasteiger partial charge in [0.15, 0.2) is 11.5 Å². The molecule has 0 bridgehead atoms. The summed E-state index contributed by atoms with van der Waals surface area (Å²) in [5, 5.41) is 3.13. The van der Waals surface area contributed by atoms with Crippen molar-refractivity contribution < 1.29 is 14.3 Å². The molecule has 0 atom stereocenters. The maximum Gasteiger partial charge on any atom is 0.408 e. The minimum atomic E-state index is -0.567. The van der Waals surface area contributed by atoms with Gasteiger partial charge in [0.1, 0.15) is 22.7 Å². The SMILES string of the molecule is CC(C)(C)OC(=O)NC1(c2ccc(-n3c(-c4cccnc4N)nc4ccc(Oc5ccccc5)nc43)cc2)CCC1. The lowest BCUT2D eigenvalue weighted by molar-refractivity contribution is 0.0377. The minimum absolute atomic E-state index is 0.372. The Morgan fingerprint density at radius 3 is 2.37 bits per heavy atom. The number of nitrogens with zero attached hydrogens (tertiary/aromatic N) is 4. The maximum atomic E-state index is 12.7. The van der Waals surface area contributed by atoms with E-state index < -0.39 is 17.2 Å². The van der Waals surface area contributed by atoms with Gasteiger partial charge in [-0.1, -0.05) is 30.3 Å². The number of hydrogen-bond acceptors (Lipinski definition) is 7. The number of nitrogens with two attached hydrogens (primary N) is 1. The first kappa shape index (κ1) is 26.3. The van der Waals surface area contributed by atoms with Crippen LogP contribution in [-0.2, 0) is 10.3 Å². The fourth-order valence-corrected chi connectivity index (χ4v) is 5.08. The molecule has 1 fully saturated rings. The average molecular weight is 549 g/mol. The van der Waals surface area contributed by atoms with Crippen LogP contribution in [-0.4, -0.2) is 31.2 Å². The fraction of sp³-hybridized carbons (Fsp3) is 0.250. The highest BCUT2D eigenvalue weighted by atomic mass is 16.6. The summed E-state index contributed by atoms with van der Waals surface area (Å²) in [6.07, 6.45) is 3.96. The number of amides is 1. The first-order valence-corrected chi connectivity index (χ1v) is 13.7. The molecular formula is C32H32N6O3. The zero-order valence-electron chi connectivity index (χ0n) is 23.3. The summed E-state index contributed by atoms with van der Waals surface area (Å²) in [6.45, 7) is 5.59. The van der Waals surface area contributed by atoms with E-state index in [1.165, 1.54) is 0 Å². The number of imidazole rings is 1. The topological polar surface area (TPSA) is 117 Å². The number of nitrogen functional groups attached to an aromatic ring is 1. The van der Waals surface area contributed by atoms with Gasteiger partial charge < -0.3 is 20.5 Å². The second-order valence-corrected chi connectivity index (χ2v) is 11.2. The number of anilines is 1. The van der Waals surface area contributed by atoms with Crippen molar-refractivity contribution in [2.75, 3.05) is 5.73 Å².